The van der Waals surface area contributed by atoms with Crippen LogP contribution in [-0.4, -0.2) is 43.5 Å². The number of H-pyrrole nitrogens is 1. The molecular formula is C8H10N6OS. The molecule has 8 heteroatoms. The predicted octanol–water partition coefficient (Wildman–Crippen LogP) is 0.237. The normalized spacial score (nSPS) is 10.4. The first kappa shape index (κ1) is 10.7. The van der Waals surface area contributed by atoms with E-state index < -0.39 is 0 Å². The summed E-state index contributed by atoms with van der Waals surface area (Å²) in [6.45, 7) is 2.42. The number of aromatic nitrogens is 5. The van der Waals surface area contributed by atoms with Gasteiger partial charge < -0.3 is 4.90 Å². The molecular weight excluding hydrogens is 228 g/mol. The molecule has 0 saturated carbocycles. The molecule has 1 amide bonds. The number of hydrogen-bond donors (Lipinski definition) is 1. The Balaban J connectivity index is 2.03. The maximum absolute atomic E-state index is 11.7. The zero-order valence-electron chi connectivity index (χ0n) is 8.84. The van der Waals surface area contributed by atoms with E-state index in [1.807, 2.05) is 6.92 Å². The quantitative estimate of drug-likeness (QED) is 0.827. The van der Waals surface area contributed by atoms with Crippen molar-refractivity contribution in [2.24, 2.45) is 0 Å². The lowest BCUT2D eigenvalue weighted by Crippen LogP contribution is -2.26. The number of hydrogen-bond acceptors (Lipinski definition) is 6. The second-order valence-corrected chi connectivity index (χ2v) is 4.56. The average molecular weight is 238 g/mol. The van der Waals surface area contributed by atoms with Crippen LogP contribution in [0.25, 0.3) is 0 Å². The van der Waals surface area contributed by atoms with Crippen LogP contribution in [0.1, 0.15) is 20.5 Å². The minimum atomic E-state index is -0.264. The van der Waals surface area contributed by atoms with E-state index in [1.54, 1.807) is 24.6 Å². The minimum Gasteiger partial charge on any atom is -0.334 e. The summed E-state index contributed by atoms with van der Waals surface area (Å²) >= 11 is 1.56. The van der Waals surface area contributed by atoms with E-state index in [4.69, 9.17) is 0 Å². The Hall–Kier alpha value is -1.83. The minimum absolute atomic E-state index is 0.0729. The molecule has 0 aliphatic carbocycles. The van der Waals surface area contributed by atoms with Gasteiger partial charge in [-0.15, -0.1) is 21.5 Å². The first-order valence-corrected chi connectivity index (χ1v) is 5.38. The van der Waals surface area contributed by atoms with Gasteiger partial charge in [0.1, 0.15) is 0 Å². The van der Waals surface area contributed by atoms with Gasteiger partial charge in [-0.1, -0.05) is 0 Å². The Kier molecular flexibility index (Phi) is 2.91. The number of carbonyl (C=O) groups excluding carboxylic acids is 1. The number of amides is 1. The van der Waals surface area contributed by atoms with Crippen LogP contribution in [0.5, 0.6) is 0 Å². The molecule has 2 heterocycles. The van der Waals surface area contributed by atoms with Gasteiger partial charge in [0.05, 0.1) is 11.6 Å². The number of thiazole rings is 1. The fraction of sp³-hybridized carbons (Fsp3) is 0.375. The number of carbonyl (C=O) groups is 1. The molecule has 0 fully saturated rings. The fourth-order valence-corrected chi connectivity index (χ4v) is 2.06. The first-order valence-electron chi connectivity index (χ1n) is 4.57. The Morgan fingerprint density at radius 1 is 1.62 bits per heavy atom. The van der Waals surface area contributed by atoms with Crippen molar-refractivity contribution in [3.05, 3.63) is 21.9 Å². The summed E-state index contributed by atoms with van der Waals surface area (Å²) in [4.78, 5) is 18.4. The summed E-state index contributed by atoms with van der Waals surface area (Å²) in [5.74, 6) is -0.191. The SMILES string of the molecule is Cc1ncc(CN(C)C(=O)c2nn[nH]n2)s1. The number of tetrazole rings is 1. The fourth-order valence-electron chi connectivity index (χ4n) is 1.21. The third kappa shape index (κ3) is 2.22. The van der Waals surface area contributed by atoms with Crippen LogP contribution in [0.4, 0.5) is 0 Å². The van der Waals surface area contributed by atoms with Gasteiger partial charge in [-0.05, 0) is 12.1 Å². The summed E-state index contributed by atoms with van der Waals surface area (Å²) in [6.07, 6.45) is 1.76. The van der Waals surface area contributed by atoms with Crippen LogP contribution in [-0.2, 0) is 6.54 Å². The van der Waals surface area contributed by atoms with Crippen molar-refractivity contribution in [3.63, 3.8) is 0 Å². The largest absolute Gasteiger partial charge is 0.334 e. The standard InChI is InChI=1S/C8H10N6OS/c1-5-9-3-6(16-5)4-14(2)8(15)7-10-12-13-11-7/h3H,4H2,1-2H3,(H,10,11,12,13). The van der Waals surface area contributed by atoms with Crippen molar-refractivity contribution >= 4 is 17.2 Å². The van der Waals surface area contributed by atoms with E-state index in [0.29, 0.717) is 6.54 Å². The lowest BCUT2D eigenvalue weighted by molar-refractivity contribution is 0.0774. The van der Waals surface area contributed by atoms with Gasteiger partial charge in [-0.2, -0.15) is 5.21 Å². The van der Waals surface area contributed by atoms with Crippen molar-refractivity contribution in [3.8, 4) is 0 Å². The van der Waals surface area contributed by atoms with Gasteiger partial charge in [0, 0.05) is 18.1 Å². The molecule has 1 N–H and O–H groups in total. The highest BCUT2D eigenvalue weighted by Crippen LogP contribution is 2.13. The molecule has 0 aromatic carbocycles. The van der Waals surface area contributed by atoms with Crippen molar-refractivity contribution in [2.75, 3.05) is 7.05 Å². The van der Waals surface area contributed by atoms with E-state index in [2.05, 4.69) is 25.6 Å². The second kappa shape index (κ2) is 4.35. The van der Waals surface area contributed by atoms with Crippen LogP contribution in [0.2, 0.25) is 0 Å². The molecule has 2 aromatic rings. The molecule has 0 saturated heterocycles. The molecule has 84 valence electrons. The number of aromatic amines is 1. The van der Waals surface area contributed by atoms with Gasteiger partial charge in [0.25, 0.3) is 11.7 Å². The number of nitrogens with zero attached hydrogens (tertiary/aromatic N) is 5. The highest BCUT2D eigenvalue weighted by molar-refractivity contribution is 7.11. The lowest BCUT2D eigenvalue weighted by Gasteiger charge is -2.12. The van der Waals surface area contributed by atoms with E-state index in [0.717, 1.165) is 9.88 Å². The van der Waals surface area contributed by atoms with E-state index in [9.17, 15) is 4.79 Å². The molecule has 0 aliphatic heterocycles. The third-order valence-corrected chi connectivity index (χ3v) is 2.84. The van der Waals surface area contributed by atoms with Crippen LogP contribution < -0.4 is 0 Å². The number of rotatable bonds is 3. The van der Waals surface area contributed by atoms with E-state index >= 15 is 0 Å². The molecule has 0 aliphatic rings. The smallest absolute Gasteiger partial charge is 0.295 e. The van der Waals surface area contributed by atoms with Gasteiger partial charge >= 0.3 is 0 Å². The molecule has 0 atom stereocenters. The molecule has 7 nitrogen and oxygen atoms in total. The molecule has 2 aromatic heterocycles. The molecule has 16 heavy (non-hydrogen) atoms. The summed E-state index contributed by atoms with van der Waals surface area (Å²) in [6, 6.07) is 0. The maximum Gasteiger partial charge on any atom is 0.295 e. The monoisotopic (exact) mass is 238 g/mol. The highest BCUT2D eigenvalue weighted by Gasteiger charge is 2.16. The summed E-state index contributed by atoms with van der Waals surface area (Å²) < 4.78 is 0. The number of aryl methyl sites for hydroxylation is 1. The van der Waals surface area contributed by atoms with Crippen molar-refractivity contribution in [1.29, 1.82) is 0 Å². The van der Waals surface area contributed by atoms with Crippen molar-refractivity contribution < 1.29 is 4.79 Å². The van der Waals surface area contributed by atoms with E-state index in [-0.39, 0.29) is 11.7 Å². The van der Waals surface area contributed by atoms with E-state index in [1.165, 1.54) is 4.90 Å². The molecule has 0 radical (unpaired) electrons. The first-order chi connectivity index (χ1) is 7.66. The second-order valence-electron chi connectivity index (χ2n) is 3.24. The van der Waals surface area contributed by atoms with Gasteiger partial charge in [-0.25, -0.2) is 4.98 Å². The lowest BCUT2D eigenvalue weighted by atomic mass is 10.4. The number of nitrogens with one attached hydrogen (secondary N) is 1. The predicted molar refractivity (Wildman–Crippen MR) is 56.8 cm³/mol. The van der Waals surface area contributed by atoms with Crippen LogP contribution >= 0.6 is 11.3 Å². The Morgan fingerprint density at radius 3 is 3.00 bits per heavy atom. The molecule has 0 unspecified atom stereocenters. The highest BCUT2D eigenvalue weighted by atomic mass is 32.1. The molecule has 0 bridgehead atoms. The van der Waals surface area contributed by atoms with Crippen molar-refractivity contribution in [1.82, 2.24) is 30.5 Å². The van der Waals surface area contributed by atoms with Crippen molar-refractivity contribution in [2.45, 2.75) is 13.5 Å². The summed E-state index contributed by atoms with van der Waals surface area (Å²) in [5, 5.41) is 13.8. The zero-order chi connectivity index (χ0) is 11.5. The van der Waals surface area contributed by atoms with Crippen LogP contribution in [0, 0.1) is 6.92 Å². The van der Waals surface area contributed by atoms with Crippen LogP contribution in [0.3, 0.4) is 0 Å². The summed E-state index contributed by atoms with van der Waals surface area (Å²) in [5.41, 5.74) is 0. The Labute approximate surface area is 95.5 Å². The van der Waals surface area contributed by atoms with Crippen LogP contribution in [0.15, 0.2) is 6.20 Å². The third-order valence-electron chi connectivity index (χ3n) is 1.95. The molecule has 0 spiro atoms. The van der Waals surface area contributed by atoms with Gasteiger partial charge in [-0.3, -0.25) is 4.79 Å². The molecule has 2 rings (SSSR count). The van der Waals surface area contributed by atoms with Gasteiger partial charge in [0.15, 0.2) is 0 Å². The maximum atomic E-state index is 11.7. The average Bonchev–Trinajstić information content (AvgIpc) is 2.88. The summed E-state index contributed by atoms with van der Waals surface area (Å²) in [7, 11) is 1.69. The zero-order valence-corrected chi connectivity index (χ0v) is 9.65. The Morgan fingerprint density at radius 2 is 2.44 bits per heavy atom. The Bertz CT molecular complexity index is 478. The topological polar surface area (TPSA) is 87.7 Å². The van der Waals surface area contributed by atoms with Gasteiger partial charge in [0.2, 0.25) is 0 Å².